The van der Waals surface area contributed by atoms with Crippen molar-refractivity contribution >= 4 is 12.0 Å². The van der Waals surface area contributed by atoms with Crippen LogP contribution in [0.2, 0.25) is 0 Å². The van der Waals surface area contributed by atoms with Crippen molar-refractivity contribution in [2.75, 3.05) is 0 Å². The molecule has 0 unspecified atom stereocenters. The summed E-state index contributed by atoms with van der Waals surface area (Å²) in [5.74, 6) is -0.146. The number of carbonyl (C=O) groups is 1. The van der Waals surface area contributed by atoms with Crippen molar-refractivity contribution in [1.29, 1.82) is 0 Å². The van der Waals surface area contributed by atoms with Crippen molar-refractivity contribution in [3.63, 3.8) is 0 Å². The summed E-state index contributed by atoms with van der Waals surface area (Å²) in [4.78, 5) is 11.3. The van der Waals surface area contributed by atoms with Crippen LogP contribution < -0.4 is 10.9 Å². The van der Waals surface area contributed by atoms with E-state index in [0.29, 0.717) is 0 Å². The zero-order valence-corrected chi connectivity index (χ0v) is 9.03. The molecule has 0 saturated carbocycles. The Balaban J connectivity index is 2.41. The van der Waals surface area contributed by atoms with Crippen molar-refractivity contribution in [3.05, 3.63) is 42.0 Å². The third-order valence-corrected chi connectivity index (χ3v) is 1.71. The molecule has 15 heavy (non-hydrogen) atoms. The number of rotatable bonds is 4. The Morgan fingerprint density at radius 1 is 1.27 bits per heavy atom. The standard InChI is InChI=1S/C12H16N2O/c1-10(2)13-14-12(15)9-8-11-6-4-3-5-7-11/h3-10,13H,1-2H3,(H,14,15). The van der Waals surface area contributed by atoms with E-state index in [1.165, 1.54) is 6.08 Å². The first-order valence-corrected chi connectivity index (χ1v) is 4.97. The van der Waals surface area contributed by atoms with Gasteiger partial charge in [-0.1, -0.05) is 30.3 Å². The molecule has 1 amide bonds. The molecule has 1 rings (SSSR count). The van der Waals surface area contributed by atoms with Gasteiger partial charge < -0.3 is 0 Å². The van der Waals surface area contributed by atoms with Gasteiger partial charge in [-0.25, -0.2) is 5.43 Å². The highest BCUT2D eigenvalue weighted by molar-refractivity contribution is 5.91. The van der Waals surface area contributed by atoms with E-state index >= 15 is 0 Å². The van der Waals surface area contributed by atoms with Gasteiger partial charge in [0, 0.05) is 12.1 Å². The maximum atomic E-state index is 11.3. The lowest BCUT2D eigenvalue weighted by Crippen LogP contribution is -2.40. The molecule has 0 aliphatic heterocycles. The summed E-state index contributed by atoms with van der Waals surface area (Å²) in [6.07, 6.45) is 3.28. The lowest BCUT2D eigenvalue weighted by atomic mass is 10.2. The fraction of sp³-hybridized carbons (Fsp3) is 0.250. The number of benzene rings is 1. The average molecular weight is 204 g/mol. The molecule has 2 N–H and O–H groups in total. The van der Waals surface area contributed by atoms with E-state index < -0.39 is 0 Å². The molecule has 0 aliphatic rings. The summed E-state index contributed by atoms with van der Waals surface area (Å²) in [6.45, 7) is 3.92. The van der Waals surface area contributed by atoms with E-state index in [9.17, 15) is 4.79 Å². The molecule has 0 radical (unpaired) electrons. The van der Waals surface area contributed by atoms with Gasteiger partial charge in [0.05, 0.1) is 0 Å². The maximum Gasteiger partial charge on any atom is 0.258 e. The minimum atomic E-state index is -0.146. The van der Waals surface area contributed by atoms with Gasteiger partial charge in [0.15, 0.2) is 0 Å². The Bertz CT molecular complexity index is 331. The second-order valence-electron chi connectivity index (χ2n) is 3.53. The van der Waals surface area contributed by atoms with E-state index in [1.807, 2.05) is 44.2 Å². The summed E-state index contributed by atoms with van der Waals surface area (Å²) in [6, 6.07) is 9.93. The summed E-state index contributed by atoms with van der Waals surface area (Å²) in [5, 5.41) is 0. The van der Waals surface area contributed by atoms with Gasteiger partial charge >= 0.3 is 0 Å². The molecular weight excluding hydrogens is 188 g/mol. The van der Waals surface area contributed by atoms with Crippen molar-refractivity contribution in [1.82, 2.24) is 10.9 Å². The molecule has 3 nitrogen and oxygen atoms in total. The monoisotopic (exact) mass is 204 g/mol. The number of amides is 1. The summed E-state index contributed by atoms with van der Waals surface area (Å²) < 4.78 is 0. The minimum absolute atomic E-state index is 0.146. The number of nitrogens with one attached hydrogen (secondary N) is 2. The van der Waals surface area contributed by atoms with E-state index in [1.54, 1.807) is 6.08 Å². The van der Waals surface area contributed by atoms with Gasteiger partial charge in [-0.05, 0) is 25.5 Å². The minimum Gasteiger partial charge on any atom is -0.288 e. The van der Waals surface area contributed by atoms with Crippen LogP contribution in [0.1, 0.15) is 19.4 Å². The van der Waals surface area contributed by atoms with Gasteiger partial charge in [0.25, 0.3) is 5.91 Å². The van der Waals surface area contributed by atoms with Gasteiger partial charge in [-0.3, -0.25) is 10.2 Å². The van der Waals surface area contributed by atoms with Crippen molar-refractivity contribution < 1.29 is 4.79 Å². The zero-order valence-electron chi connectivity index (χ0n) is 9.03. The first kappa shape index (κ1) is 11.5. The molecule has 0 fully saturated rings. The molecule has 0 spiro atoms. The van der Waals surface area contributed by atoms with E-state index in [-0.39, 0.29) is 11.9 Å². The van der Waals surface area contributed by atoms with Crippen LogP contribution in [0.3, 0.4) is 0 Å². The van der Waals surface area contributed by atoms with Crippen molar-refractivity contribution in [2.45, 2.75) is 19.9 Å². The molecule has 1 aromatic carbocycles. The van der Waals surface area contributed by atoms with Crippen LogP contribution in [0.15, 0.2) is 36.4 Å². The number of hydrogen-bond donors (Lipinski definition) is 2. The fourth-order valence-corrected chi connectivity index (χ4v) is 0.993. The second kappa shape index (κ2) is 5.98. The second-order valence-corrected chi connectivity index (χ2v) is 3.53. The van der Waals surface area contributed by atoms with Crippen LogP contribution in [0.4, 0.5) is 0 Å². The molecule has 3 heteroatoms. The Labute approximate surface area is 90.2 Å². The first-order valence-electron chi connectivity index (χ1n) is 4.97. The number of carbonyl (C=O) groups excluding carboxylic acids is 1. The lowest BCUT2D eigenvalue weighted by molar-refractivity contribution is -0.117. The topological polar surface area (TPSA) is 41.1 Å². The lowest BCUT2D eigenvalue weighted by Gasteiger charge is -2.07. The molecule has 80 valence electrons. The number of hydrazine groups is 1. The summed E-state index contributed by atoms with van der Waals surface area (Å²) >= 11 is 0. The van der Waals surface area contributed by atoms with Crippen molar-refractivity contribution in [2.24, 2.45) is 0 Å². The van der Waals surface area contributed by atoms with Gasteiger partial charge in [-0.2, -0.15) is 0 Å². The van der Waals surface area contributed by atoms with Crippen molar-refractivity contribution in [3.8, 4) is 0 Å². The van der Waals surface area contributed by atoms with Crippen LogP contribution in [0.5, 0.6) is 0 Å². The molecule has 0 saturated heterocycles. The van der Waals surface area contributed by atoms with Crippen LogP contribution in [0, 0.1) is 0 Å². The molecular formula is C12H16N2O. The predicted octanol–water partition coefficient (Wildman–Crippen LogP) is 1.73. The molecule has 1 aromatic rings. The summed E-state index contributed by atoms with van der Waals surface area (Å²) in [5.41, 5.74) is 6.42. The normalized spacial score (nSPS) is 10.9. The Morgan fingerprint density at radius 3 is 2.53 bits per heavy atom. The quantitative estimate of drug-likeness (QED) is 0.579. The fourth-order valence-electron chi connectivity index (χ4n) is 0.993. The molecule has 0 aliphatic carbocycles. The molecule has 0 heterocycles. The van der Waals surface area contributed by atoms with Crippen LogP contribution in [-0.2, 0) is 4.79 Å². The average Bonchev–Trinajstić information content (AvgIpc) is 2.25. The largest absolute Gasteiger partial charge is 0.288 e. The molecule has 0 atom stereocenters. The van der Waals surface area contributed by atoms with Gasteiger partial charge in [-0.15, -0.1) is 0 Å². The maximum absolute atomic E-state index is 11.3. The van der Waals surface area contributed by atoms with Crippen LogP contribution in [-0.4, -0.2) is 11.9 Å². The van der Waals surface area contributed by atoms with Gasteiger partial charge in [0.2, 0.25) is 0 Å². The van der Waals surface area contributed by atoms with Crippen LogP contribution >= 0.6 is 0 Å². The highest BCUT2D eigenvalue weighted by Gasteiger charge is 1.95. The molecule has 0 aromatic heterocycles. The van der Waals surface area contributed by atoms with E-state index in [0.717, 1.165) is 5.56 Å². The van der Waals surface area contributed by atoms with E-state index in [4.69, 9.17) is 0 Å². The molecule has 0 bridgehead atoms. The predicted molar refractivity (Wildman–Crippen MR) is 61.9 cm³/mol. The smallest absolute Gasteiger partial charge is 0.258 e. The Kier molecular flexibility index (Phi) is 4.57. The first-order chi connectivity index (χ1) is 7.18. The third kappa shape index (κ3) is 4.98. The highest BCUT2D eigenvalue weighted by atomic mass is 16.2. The third-order valence-electron chi connectivity index (χ3n) is 1.71. The zero-order chi connectivity index (χ0) is 11.1. The van der Waals surface area contributed by atoms with E-state index in [2.05, 4.69) is 10.9 Å². The Morgan fingerprint density at radius 2 is 1.93 bits per heavy atom. The number of hydrogen-bond acceptors (Lipinski definition) is 2. The van der Waals surface area contributed by atoms with Crippen LogP contribution in [0.25, 0.3) is 6.08 Å². The SMILES string of the molecule is CC(C)NNC(=O)C=Cc1ccccc1. The Hall–Kier alpha value is -1.61. The highest BCUT2D eigenvalue weighted by Crippen LogP contribution is 2.00. The summed E-state index contributed by atoms with van der Waals surface area (Å²) in [7, 11) is 0. The van der Waals surface area contributed by atoms with Gasteiger partial charge in [0.1, 0.15) is 0 Å².